The van der Waals surface area contributed by atoms with Gasteiger partial charge in [-0.15, -0.1) is 11.3 Å². The summed E-state index contributed by atoms with van der Waals surface area (Å²) < 4.78 is 5.95. The van der Waals surface area contributed by atoms with Crippen molar-refractivity contribution in [1.29, 1.82) is 0 Å². The van der Waals surface area contributed by atoms with Crippen molar-refractivity contribution in [2.75, 3.05) is 13.1 Å². The molecule has 132 valence electrons. The van der Waals surface area contributed by atoms with Gasteiger partial charge >= 0.3 is 0 Å². The number of nitrogens with zero attached hydrogens (tertiary/aromatic N) is 1. The van der Waals surface area contributed by atoms with E-state index in [1.54, 1.807) is 0 Å². The number of hydrogen-bond donors (Lipinski definition) is 0. The van der Waals surface area contributed by atoms with Gasteiger partial charge in [0.15, 0.2) is 0 Å². The fourth-order valence-electron chi connectivity index (χ4n) is 3.74. The van der Waals surface area contributed by atoms with Crippen LogP contribution in [-0.4, -0.2) is 23.9 Å². The first kappa shape index (κ1) is 16.6. The van der Waals surface area contributed by atoms with E-state index >= 15 is 0 Å². The van der Waals surface area contributed by atoms with Crippen molar-refractivity contribution in [3.8, 4) is 5.75 Å². The minimum atomic E-state index is 0.181. The van der Waals surface area contributed by atoms with Crippen LogP contribution in [0.3, 0.4) is 0 Å². The zero-order chi connectivity index (χ0) is 17.2. The molecule has 0 radical (unpaired) electrons. The predicted molar refractivity (Wildman–Crippen MR) is 101 cm³/mol. The maximum Gasteiger partial charge on any atom is 0.263 e. The number of amides is 1. The number of rotatable bonds is 4. The second-order valence-electron chi connectivity index (χ2n) is 7.37. The highest BCUT2D eigenvalue weighted by Crippen LogP contribution is 2.27. The summed E-state index contributed by atoms with van der Waals surface area (Å²) in [6.45, 7) is 4.57. The molecule has 1 saturated heterocycles. The van der Waals surface area contributed by atoms with Crippen LogP contribution in [0, 0.1) is 5.92 Å². The Kier molecular flexibility index (Phi) is 4.80. The van der Waals surface area contributed by atoms with Crippen LogP contribution in [0.1, 0.15) is 52.5 Å². The molecule has 0 bridgehead atoms. The van der Waals surface area contributed by atoms with Crippen molar-refractivity contribution in [3.63, 3.8) is 0 Å². The summed E-state index contributed by atoms with van der Waals surface area (Å²) in [5, 5.41) is 2.05. The Hall–Kier alpha value is -1.81. The SMILES string of the molecule is CC1CCN(C(=O)c2cc(COc3ccc4c(c3)CCC4)cs2)CC1. The van der Waals surface area contributed by atoms with Gasteiger partial charge in [0.05, 0.1) is 4.88 Å². The summed E-state index contributed by atoms with van der Waals surface area (Å²) in [5.74, 6) is 1.86. The third-order valence-electron chi connectivity index (χ3n) is 5.41. The molecule has 2 aromatic rings. The fraction of sp³-hybridized carbons (Fsp3) is 0.476. The average Bonchev–Trinajstić information content (AvgIpc) is 3.29. The highest BCUT2D eigenvalue weighted by atomic mass is 32.1. The molecule has 4 heteroatoms. The first-order chi connectivity index (χ1) is 12.2. The number of fused-ring (bicyclic) bond motifs is 1. The third kappa shape index (κ3) is 3.74. The molecule has 1 aromatic heterocycles. The number of benzene rings is 1. The molecule has 3 nitrogen and oxygen atoms in total. The molecule has 2 heterocycles. The Bertz CT molecular complexity index is 759. The maximum atomic E-state index is 12.6. The molecular formula is C21H25NO2S. The van der Waals surface area contributed by atoms with Crippen molar-refractivity contribution < 1.29 is 9.53 Å². The van der Waals surface area contributed by atoms with Crippen molar-refractivity contribution in [1.82, 2.24) is 4.90 Å². The quantitative estimate of drug-likeness (QED) is 0.796. The van der Waals surface area contributed by atoms with Gasteiger partial charge in [-0.1, -0.05) is 13.0 Å². The Morgan fingerprint density at radius 2 is 2.00 bits per heavy atom. The zero-order valence-electron chi connectivity index (χ0n) is 14.8. The van der Waals surface area contributed by atoms with E-state index in [1.807, 2.05) is 16.3 Å². The summed E-state index contributed by atoms with van der Waals surface area (Å²) in [5.41, 5.74) is 3.98. The maximum absolute atomic E-state index is 12.6. The number of hydrogen-bond acceptors (Lipinski definition) is 3. The van der Waals surface area contributed by atoms with Gasteiger partial charge in [-0.25, -0.2) is 0 Å². The zero-order valence-corrected chi connectivity index (χ0v) is 15.6. The van der Waals surface area contributed by atoms with Crippen molar-refractivity contribution in [2.45, 2.75) is 45.6 Å². The van der Waals surface area contributed by atoms with Crippen LogP contribution < -0.4 is 4.74 Å². The molecule has 1 aliphatic heterocycles. The number of likely N-dealkylation sites (tertiary alicyclic amines) is 1. The van der Waals surface area contributed by atoms with Crippen LogP contribution in [0.4, 0.5) is 0 Å². The molecule has 1 aromatic carbocycles. The van der Waals surface area contributed by atoms with E-state index in [0.29, 0.717) is 6.61 Å². The fourth-order valence-corrected chi connectivity index (χ4v) is 4.60. The largest absolute Gasteiger partial charge is 0.489 e. The van der Waals surface area contributed by atoms with Crippen LogP contribution in [0.2, 0.25) is 0 Å². The van der Waals surface area contributed by atoms with E-state index < -0.39 is 0 Å². The molecule has 1 fully saturated rings. The van der Waals surface area contributed by atoms with Gasteiger partial charge in [-0.2, -0.15) is 0 Å². The molecule has 1 amide bonds. The van der Waals surface area contributed by atoms with Gasteiger partial charge in [0, 0.05) is 18.7 Å². The van der Waals surface area contributed by atoms with Crippen molar-refractivity contribution in [3.05, 3.63) is 51.2 Å². The summed E-state index contributed by atoms with van der Waals surface area (Å²) in [6.07, 6.45) is 5.85. The van der Waals surface area contributed by atoms with E-state index in [1.165, 1.54) is 35.3 Å². The Morgan fingerprint density at radius 1 is 1.20 bits per heavy atom. The van der Waals surface area contributed by atoms with Crippen LogP contribution in [0.25, 0.3) is 0 Å². The monoisotopic (exact) mass is 355 g/mol. The summed E-state index contributed by atoms with van der Waals surface area (Å²) >= 11 is 1.54. The van der Waals surface area contributed by atoms with Gasteiger partial charge in [-0.05, 0) is 72.7 Å². The normalized spacial score (nSPS) is 17.6. The average molecular weight is 356 g/mol. The Morgan fingerprint density at radius 3 is 2.84 bits per heavy atom. The summed E-state index contributed by atoms with van der Waals surface area (Å²) in [4.78, 5) is 15.4. The minimum Gasteiger partial charge on any atom is -0.489 e. The molecule has 25 heavy (non-hydrogen) atoms. The van der Waals surface area contributed by atoms with Crippen LogP contribution in [0.15, 0.2) is 29.6 Å². The molecule has 0 saturated carbocycles. The summed E-state index contributed by atoms with van der Waals surface area (Å²) in [7, 11) is 0. The van der Waals surface area contributed by atoms with Gasteiger partial charge in [-0.3, -0.25) is 4.79 Å². The number of carbonyl (C=O) groups excluding carboxylic acids is 1. The molecule has 1 aliphatic carbocycles. The summed E-state index contributed by atoms with van der Waals surface area (Å²) in [6, 6.07) is 8.43. The standard InChI is InChI=1S/C21H25NO2S/c1-15-7-9-22(10-8-15)21(23)20-11-16(14-25-20)13-24-19-6-5-17-3-2-4-18(17)12-19/h5-6,11-12,14-15H,2-4,7-10,13H2,1H3. The van der Waals surface area contributed by atoms with Crippen molar-refractivity contribution >= 4 is 17.2 Å². The number of carbonyl (C=O) groups is 1. The number of piperidine rings is 1. The van der Waals surface area contributed by atoms with Crippen LogP contribution >= 0.6 is 11.3 Å². The van der Waals surface area contributed by atoms with Gasteiger partial charge < -0.3 is 9.64 Å². The first-order valence-electron chi connectivity index (χ1n) is 9.30. The lowest BCUT2D eigenvalue weighted by Crippen LogP contribution is -2.37. The number of ether oxygens (including phenoxy) is 1. The molecule has 0 N–H and O–H groups in total. The van der Waals surface area contributed by atoms with E-state index in [2.05, 4.69) is 25.1 Å². The van der Waals surface area contributed by atoms with Crippen molar-refractivity contribution in [2.24, 2.45) is 5.92 Å². The lowest BCUT2D eigenvalue weighted by molar-refractivity contribution is 0.0702. The van der Waals surface area contributed by atoms with E-state index in [9.17, 15) is 4.79 Å². The van der Waals surface area contributed by atoms with Gasteiger partial charge in [0.25, 0.3) is 5.91 Å². The van der Waals surface area contributed by atoms with E-state index in [-0.39, 0.29) is 5.91 Å². The predicted octanol–water partition coefficient (Wildman–Crippen LogP) is 4.69. The second kappa shape index (κ2) is 7.20. The van der Waals surface area contributed by atoms with Gasteiger partial charge in [0.1, 0.15) is 12.4 Å². The van der Waals surface area contributed by atoms with Gasteiger partial charge in [0.2, 0.25) is 0 Å². The Labute approximate surface area is 153 Å². The van der Waals surface area contributed by atoms with E-state index in [0.717, 1.165) is 54.5 Å². The smallest absolute Gasteiger partial charge is 0.263 e. The lowest BCUT2D eigenvalue weighted by atomic mass is 9.99. The molecule has 0 atom stereocenters. The first-order valence-corrected chi connectivity index (χ1v) is 10.2. The molecular weight excluding hydrogens is 330 g/mol. The van der Waals surface area contributed by atoms with Crippen LogP contribution in [-0.2, 0) is 19.4 Å². The van der Waals surface area contributed by atoms with Crippen LogP contribution in [0.5, 0.6) is 5.75 Å². The highest BCUT2D eigenvalue weighted by molar-refractivity contribution is 7.12. The molecule has 0 spiro atoms. The lowest BCUT2D eigenvalue weighted by Gasteiger charge is -2.29. The number of thiophene rings is 1. The second-order valence-corrected chi connectivity index (χ2v) is 8.28. The molecule has 2 aliphatic rings. The molecule has 4 rings (SSSR count). The topological polar surface area (TPSA) is 29.5 Å². The third-order valence-corrected chi connectivity index (χ3v) is 6.38. The Balaban J connectivity index is 1.36. The number of aryl methyl sites for hydroxylation is 2. The molecule has 0 unspecified atom stereocenters. The minimum absolute atomic E-state index is 0.181. The highest BCUT2D eigenvalue weighted by Gasteiger charge is 2.22. The van der Waals surface area contributed by atoms with E-state index in [4.69, 9.17) is 4.74 Å².